The molecular weight excluding hydrogens is 226 g/mol. The summed E-state index contributed by atoms with van der Waals surface area (Å²) in [5.41, 5.74) is 6.84. The van der Waals surface area contributed by atoms with E-state index in [-0.39, 0.29) is 0 Å². The Morgan fingerprint density at radius 1 is 1.28 bits per heavy atom. The Morgan fingerprint density at radius 2 is 2.11 bits per heavy atom. The van der Waals surface area contributed by atoms with E-state index in [9.17, 15) is 0 Å². The highest BCUT2D eigenvalue weighted by Crippen LogP contribution is 2.20. The highest BCUT2D eigenvalue weighted by Gasteiger charge is 2.02. The molecule has 1 aromatic heterocycles. The van der Waals surface area contributed by atoms with Gasteiger partial charge in [0.05, 0.1) is 0 Å². The predicted octanol–water partition coefficient (Wildman–Crippen LogP) is 2.76. The van der Waals surface area contributed by atoms with Gasteiger partial charge in [0.15, 0.2) is 5.82 Å². The summed E-state index contributed by atoms with van der Waals surface area (Å²) in [5, 5.41) is 0. The lowest BCUT2D eigenvalue weighted by molar-refractivity contribution is 0.295. The third kappa shape index (κ3) is 3.20. The second kappa shape index (κ2) is 5.49. The highest BCUT2D eigenvalue weighted by molar-refractivity contribution is 5.30. The Balaban J connectivity index is 2.04. The number of anilines is 1. The van der Waals surface area contributed by atoms with Crippen molar-refractivity contribution >= 4 is 5.82 Å². The molecule has 1 aromatic carbocycles. The van der Waals surface area contributed by atoms with Crippen molar-refractivity contribution in [1.29, 1.82) is 0 Å². The van der Waals surface area contributed by atoms with E-state index in [4.69, 9.17) is 10.5 Å². The molecule has 0 amide bonds. The monoisotopic (exact) mass is 243 g/mol. The fourth-order valence-electron chi connectivity index (χ4n) is 1.60. The largest absolute Gasteiger partial charge is 0.486 e. The average Bonchev–Trinajstić information content (AvgIpc) is 2.37. The highest BCUT2D eigenvalue weighted by atomic mass is 16.5. The van der Waals surface area contributed by atoms with Crippen LogP contribution in [0.25, 0.3) is 0 Å². The van der Waals surface area contributed by atoms with Crippen molar-refractivity contribution in [1.82, 2.24) is 9.97 Å². The molecule has 0 saturated heterocycles. The number of nitrogen functional groups attached to an aromatic ring is 1. The second-order valence-corrected chi connectivity index (χ2v) is 4.41. The number of rotatable bonds is 4. The number of hydrogen-bond acceptors (Lipinski definition) is 4. The zero-order valence-electron chi connectivity index (χ0n) is 10.6. The topological polar surface area (TPSA) is 61.0 Å². The molecule has 4 nitrogen and oxygen atoms in total. The van der Waals surface area contributed by atoms with Gasteiger partial charge in [0, 0.05) is 6.20 Å². The summed E-state index contributed by atoms with van der Waals surface area (Å²) in [6, 6.07) is 9.71. The molecule has 0 aliphatic heterocycles. The minimum atomic E-state index is 0.326. The Bertz CT molecular complexity index is 526. The molecule has 2 rings (SSSR count). The molecule has 0 aliphatic carbocycles. The van der Waals surface area contributed by atoms with Crippen molar-refractivity contribution in [2.24, 2.45) is 0 Å². The second-order valence-electron chi connectivity index (χ2n) is 4.41. The molecule has 2 N–H and O–H groups in total. The van der Waals surface area contributed by atoms with E-state index in [1.807, 2.05) is 18.2 Å². The molecule has 0 fully saturated rings. The standard InChI is InChI=1S/C14H17N3O/c1-10(2)11-4-3-5-12(8-11)18-9-14-16-7-6-13(15)17-14/h3-8,10H,9H2,1-2H3,(H2,15,16,17). The van der Waals surface area contributed by atoms with Gasteiger partial charge in [-0.15, -0.1) is 0 Å². The fraction of sp³-hybridized carbons (Fsp3) is 0.286. The Labute approximate surface area is 107 Å². The van der Waals surface area contributed by atoms with E-state index in [0.717, 1.165) is 5.75 Å². The summed E-state index contributed by atoms with van der Waals surface area (Å²) in [5.74, 6) is 2.36. The van der Waals surface area contributed by atoms with Crippen LogP contribution in [0.4, 0.5) is 5.82 Å². The molecule has 2 aromatic rings. The van der Waals surface area contributed by atoms with Gasteiger partial charge in [0.1, 0.15) is 18.2 Å². The van der Waals surface area contributed by atoms with E-state index < -0.39 is 0 Å². The predicted molar refractivity (Wildman–Crippen MR) is 71.3 cm³/mol. The van der Waals surface area contributed by atoms with Crippen LogP contribution in [0.1, 0.15) is 31.2 Å². The lowest BCUT2D eigenvalue weighted by atomic mass is 10.0. The lowest BCUT2D eigenvalue weighted by Gasteiger charge is -2.09. The van der Waals surface area contributed by atoms with Crippen LogP contribution in [0, 0.1) is 0 Å². The Hall–Kier alpha value is -2.10. The Kier molecular flexibility index (Phi) is 3.77. The fourth-order valence-corrected chi connectivity index (χ4v) is 1.60. The minimum absolute atomic E-state index is 0.326. The van der Waals surface area contributed by atoms with Crippen LogP contribution in [-0.4, -0.2) is 9.97 Å². The molecule has 0 spiro atoms. The molecule has 0 aliphatic rings. The summed E-state index contributed by atoms with van der Waals surface area (Å²) in [4.78, 5) is 8.18. The summed E-state index contributed by atoms with van der Waals surface area (Å²) >= 11 is 0. The molecule has 0 saturated carbocycles. The van der Waals surface area contributed by atoms with Gasteiger partial charge in [-0.05, 0) is 29.7 Å². The van der Waals surface area contributed by atoms with Crippen LogP contribution >= 0.6 is 0 Å². The van der Waals surface area contributed by atoms with Crippen LogP contribution in [0.15, 0.2) is 36.5 Å². The number of nitrogens with zero attached hydrogens (tertiary/aromatic N) is 2. The first kappa shape index (κ1) is 12.4. The number of nitrogens with two attached hydrogens (primary N) is 1. The molecule has 94 valence electrons. The van der Waals surface area contributed by atoms with Gasteiger partial charge < -0.3 is 10.5 Å². The van der Waals surface area contributed by atoms with Gasteiger partial charge in [-0.25, -0.2) is 9.97 Å². The van der Waals surface area contributed by atoms with E-state index in [2.05, 4.69) is 29.9 Å². The number of hydrogen-bond donors (Lipinski definition) is 1. The van der Waals surface area contributed by atoms with Crippen molar-refractivity contribution in [2.75, 3.05) is 5.73 Å². The SMILES string of the molecule is CC(C)c1cccc(OCc2nccc(N)n2)c1. The third-order valence-electron chi connectivity index (χ3n) is 2.62. The van der Waals surface area contributed by atoms with Gasteiger partial charge in [0.25, 0.3) is 0 Å². The van der Waals surface area contributed by atoms with E-state index >= 15 is 0 Å². The molecule has 0 atom stereocenters. The van der Waals surface area contributed by atoms with Crippen molar-refractivity contribution in [2.45, 2.75) is 26.4 Å². The van der Waals surface area contributed by atoms with Crippen molar-refractivity contribution < 1.29 is 4.74 Å². The van der Waals surface area contributed by atoms with Crippen molar-refractivity contribution in [3.05, 3.63) is 47.9 Å². The number of benzene rings is 1. The molecule has 18 heavy (non-hydrogen) atoms. The first-order valence-electron chi connectivity index (χ1n) is 5.95. The molecule has 0 radical (unpaired) electrons. The van der Waals surface area contributed by atoms with Crippen LogP contribution in [0.2, 0.25) is 0 Å². The van der Waals surface area contributed by atoms with E-state index in [1.54, 1.807) is 12.3 Å². The van der Waals surface area contributed by atoms with Gasteiger partial charge >= 0.3 is 0 Å². The molecule has 1 heterocycles. The zero-order chi connectivity index (χ0) is 13.0. The third-order valence-corrected chi connectivity index (χ3v) is 2.62. The summed E-state index contributed by atoms with van der Waals surface area (Å²) in [7, 11) is 0. The van der Waals surface area contributed by atoms with Gasteiger partial charge in [-0.2, -0.15) is 0 Å². The van der Waals surface area contributed by atoms with Gasteiger partial charge in [-0.1, -0.05) is 26.0 Å². The Morgan fingerprint density at radius 3 is 2.83 bits per heavy atom. The minimum Gasteiger partial charge on any atom is -0.486 e. The zero-order valence-corrected chi connectivity index (χ0v) is 10.6. The molecular formula is C14H17N3O. The van der Waals surface area contributed by atoms with Crippen LogP contribution < -0.4 is 10.5 Å². The van der Waals surface area contributed by atoms with Gasteiger partial charge in [-0.3, -0.25) is 0 Å². The quantitative estimate of drug-likeness (QED) is 0.897. The maximum atomic E-state index is 5.66. The molecule has 0 bridgehead atoms. The molecule has 4 heteroatoms. The van der Waals surface area contributed by atoms with Gasteiger partial charge in [0.2, 0.25) is 0 Å². The van der Waals surface area contributed by atoms with E-state index in [1.165, 1.54) is 5.56 Å². The van der Waals surface area contributed by atoms with Crippen LogP contribution in [0.5, 0.6) is 5.75 Å². The molecule has 0 unspecified atom stereocenters. The normalized spacial score (nSPS) is 10.6. The smallest absolute Gasteiger partial charge is 0.168 e. The van der Waals surface area contributed by atoms with Crippen molar-refractivity contribution in [3.8, 4) is 5.75 Å². The van der Waals surface area contributed by atoms with Crippen LogP contribution in [-0.2, 0) is 6.61 Å². The van der Waals surface area contributed by atoms with Crippen molar-refractivity contribution in [3.63, 3.8) is 0 Å². The summed E-state index contributed by atoms with van der Waals surface area (Å²) in [6.45, 7) is 4.63. The van der Waals surface area contributed by atoms with Crippen LogP contribution in [0.3, 0.4) is 0 Å². The average molecular weight is 243 g/mol. The first-order chi connectivity index (χ1) is 8.65. The summed E-state index contributed by atoms with van der Waals surface area (Å²) < 4.78 is 5.66. The number of aromatic nitrogens is 2. The van der Waals surface area contributed by atoms with E-state index in [0.29, 0.717) is 24.2 Å². The summed E-state index contributed by atoms with van der Waals surface area (Å²) in [6.07, 6.45) is 1.63. The maximum absolute atomic E-state index is 5.66. The maximum Gasteiger partial charge on any atom is 0.168 e. The lowest BCUT2D eigenvalue weighted by Crippen LogP contribution is -2.03. The first-order valence-corrected chi connectivity index (χ1v) is 5.95. The number of ether oxygens (including phenoxy) is 1.